The van der Waals surface area contributed by atoms with Crippen molar-refractivity contribution in [2.24, 2.45) is 0 Å². The summed E-state index contributed by atoms with van der Waals surface area (Å²) in [4.78, 5) is 0. The van der Waals surface area contributed by atoms with Crippen molar-refractivity contribution in [3.05, 3.63) is 71.7 Å². The lowest BCUT2D eigenvalue weighted by Crippen LogP contribution is -2.25. The van der Waals surface area contributed by atoms with Crippen molar-refractivity contribution in [2.75, 3.05) is 0 Å². The summed E-state index contributed by atoms with van der Waals surface area (Å²) < 4.78 is 6.35. The minimum Gasteiger partial charge on any atom is -0.544 e. The van der Waals surface area contributed by atoms with E-state index in [4.69, 9.17) is 4.43 Å². The molecule has 0 bridgehead atoms. The molecule has 1 radical (unpaired) electrons. The monoisotopic (exact) mass is 269 g/mol. The standard InChI is InChI=1S/C17H21OSi/c1-14-10-8-9-13-16(14)17(18-19(2,3)4)15-11-6-5-7-12-15/h5-13H,1-4H3/b17-16-. The number of hydrogen-bond acceptors (Lipinski definition) is 1. The van der Waals surface area contributed by atoms with E-state index in [2.05, 4.69) is 75.1 Å². The molecule has 0 aliphatic heterocycles. The second kappa shape index (κ2) is 5.62. The molecule has 0 spiro atoms. The lowest BCUT2D eigenvalue weighted by molar-refractivity contribution is 0.511. The van der Waals surface area contributed by atoms with Gasteiger partial charge < -0.3 is 4.43 Å². The molecular weight excluding hydrogens is 248 g/mol. The molecule has 99 valence electrons. The minimum atomic E-state index is -1.65. The van der Waals surface area contributed by atoms with Gasteiger partial charge in [0.05, 0.1) is 0 Å². The highest BCUT2D eigenvalue weighted by Gasteiger charge is 2.22. The van der Waals surface area contributed by atoms with Gasteiger partial charge in [0.25, 0.3) is 0 Å². The third kappa shape index (κ3) is 3.71. The van der Waals surface area contributed by atoms with Crippen molar-refractivity contribution in [1.29, 1.82) is 0 Å². The fraction of sp³-hybridized carbons (Fsp3) is 0.235. The molecule has 0 heterocycles. The van der Waals surface area contributed by atoms with Crippen LogP contribution in [0.5, 0.6) is 0 Å². The van der Waals surface area contributed by atoms with Crippen LogP contribution in [0.3, 0.4) is 0 Å². The Morgan fingerprint density at radius 3 is 2.16 bits per heavy atom. The molecule has 1 aliphatic rings. The lowest BCUT2D eigenvalue weighted by Gasteiger charge is -2.26. The molecule has 1 aliphatic carbocycles. The van der Waals surface area contributed by atoms with E-state index >= 15 is 0 Å². The molecule has 0 saturated heterocycles. The predicted molar refractivity (Wildman–Crippen MR) is 85.0 cm³/mol. The van der Waals surface area contributed by atoms with E-state index in [0.29, 0.717) is 0 Å². The molecule has 1 aromatic carbocycles. The number of rotatable bonds is 3. The van der Waals surface area contributed by atoms with Crippen molar-refractivity contribution in [3.63, 3.8) is 0 Å². The molecule has 19 heavy (non-hydrogen) atoms. The average molecular weight is 269 g/mol. The van der Waals surface area contributed by atoms with Gasteiger partial charge in [-0.05, 0) is 19.6 Å². The molecule has 2 rings (SSSR count). The summed E-state index contributed by atoms with van der Waals surface area (Å²) in [6.07, 6.45) is 8.40. The van der Waals surface area contributed by atoms with Crippen molar-refractivity contribution in [1.82, 2.24) is 0 Å². The van der Waals surface area contributed by atoms with Gasteiger partial charge in [0.15, 0.2) is 0 Å². The van der Waals surface area contributed by atoms with Crippen molar-refractivity contribution < 1.29 is 4.43 Å². The summed E-state index contributed by atoms with van der Waals surface area (Å²) in [5.74, 6) is 2.26. The molecule has 0 aromatic heterocycles. The van der Waals surface area contributed by atoms with Crippen LogP contribution in [0.4, 0.5) is 0 Å². The Morgan fingerprint density at radius 2 is 1.58 bits per heavy atom. The van der Waals surface area contributed by atoms with E-state index in [9.17, 15) is 0 Å². The van der Waals surface area contributed by atoms with Crippen LogP contribution in [0, 0.1) is 5.92 Å². The van der Waals surface area contributed by atoms with Crippen molar-refractivity contribution in [3.8, 4) is 0 Å². The first-order valence-corrected chi connectivity index (χ1v) is 10.1. The maximum Gasteiger partial charge on any atom is 0.242 e. The van der Waals surface area contributed by atoms with Gasteiger partial charge in [-0.15, -0.1) is 0 Å². The minimum absolute atomic E-state index is 1.01. The van der Waals surface area contributed by atoms with Gasteiger partial charge in [-0.2, -0.15) is 0 Å². The van der Waals surface area contributed by atoms with Crippen molar-refractivity contribution >= 4 is 14.1 Å². The molecule has 0 N–H and O–H groups in total. The van der Waals surface area contributed by atoms with Crippen LogP contribution in [-0.2, 0) is 4.43 Å². The van der Waals surface area contributed by atoms with E-state index in [-0.39, 0.29) is 0 Å². The summed E-state index contributed by atoms with van der Waals surface area (Å²) >= 11 is 0. The Kier molecular flexibility index (Phi) is 4.10. The highest BCUT2D eigenvalue weighted by molar-refractivity contribution is 6.70. The van der Waals surface area contributed by atoms with Crippen LogP contribution < -0.4 is 0 Å². The molecule has 1 nitrogen and oxygen atoms in total. The Balaban J connectivity index is 2.49. The first kappa shape index (κ1) is 13.9. The summed E-state index contributed by atoms with van der Waals surface area (Å²) in [7, 11) is -1.65. The van der Waals surface area contributed by atoms with Crippen LogP contribution in [-0.4, -0.2) is 8.32 Å². The highest BCUT2D eigenvalue weighted by Crippen LogP contribution is 2.32. The van der Waals surface area contributed by atoms with Crippen LogP contribution in [0.15, 0.2) is 60.2 Å². The molecule has 0 saturated carbocycles. The molecule has 1 aromatic rings. The van der Waals surface area contributed by atoms with E-state index in [1.165, 1.54) is 11.5 Å². The number of hydrogen-bond donors (Lipinski definition) is 0. The van der Waals surface area contributed by atoms with Gasteiger partial charge in [-0.25, -0.2) is 0 Å². The quantitative estimate of drug-likeness (QED) is 0.556. The zero-order valence-corrected chi connectivity index (χ0v) is 13.1. The molecule has 0 amide bonds. The number of benzene rings is 1. The Hall–Kier alpha value is -1.54. The smallest absolute Gasteiger partial charge is 0.242 e. The second-order valence-corrected chi connectivity index (χ2v) is 10.2. The van der Waals surface area contributed by atoms with Crippen LogP contribution in [0.2, 0.25) is 19.6 Å². The summed E-state index contributed by atoms with van der Waals surface area (Å²) in [5.41, 5.74) is 2.34. The number of allylic oxidation sites excluding steroid dienone is 5. The zero-order chi connectivity index (χ0) is 13.9. The van der Waals surface area contributed by atoms with Gasteiger partial charge in [0.1, 0.15) is 5.76 Å². The fourth-order valence-corrected chi connectivity index (χ4v) is 2.83. The molecule has 2 heteroatoms. The molecular formula is C17H21OSi. The van der Waals surface area contributed by atoms with E-state index in [0.717, 1.165) is 11.3 Å². The Morgan fingerprint density at radius 1 is 0.947 bits per heavy atom. The van der Waals surface area contributed by atoms with E-state index < -0.39 is 8.32 Å². The second-order valence-electron chi connectivity index (χ2n) is 5.72. The fourth-order valence-electron chi connectivity index (χ4n) is 1.99. The Labute approximate surface area is 117 Å². The molecule has 0 atom stereocenters. The van der Waals surface area contributed by atoms with Crippen LogP contribution in [0.1, 0.15) is 12.5 Å². The topological polar surface area (TPSA) is 9.23 Å². The summed E-state index contributed by atoms with van der Waals surface area (Å²) in [6, 6.07) is 10.4. The predicted octanol–water partition coefficient (Wildman–Crippen LogP) is 4.97. The first-order chi connectivity index (χ1) is 8.97. The van der Waals surface area contributed by atoms with Gasteiger partial charge in [0, 0.05) is 17.1 Å². The lowest BCUT2D eigenvalue weighted by atomic mass is 9.93. The van der Waals surface area contributed by atoms with Crippen LogP contribution in [0.25, 0.3) is 5.76 Å². The van der Waals surface area contributed by atoms with Crippen LogP contribution >= 0.6 is 0 Å². The van der Waals surface area contributed by atoms with Gasteiger partial charge in [0.2, 0.25) is 8.32 Å². The normalized spacial score (nSPS) is 18.5. The largest absolute Gasteiger partial charge is 0.544 e. The maximum atomic E-state index is 6.35. The third-order valence-electron chi connectivity index (χ3n) is 2.83. The van der Waals surface area contributed by atoms with E-state index in [1.54, 1.807) is 0 Å². The zero-order valence-electron chi connectivity index (χ0n) is 12.1. The maximum absolute atomic E-state index is 6.35. The summed E-state index contributed by atoms with van der Waals surface area (Å²) in [6.45, 7) is 8.78. The Bertz CT molecular complexity index is 518. The van der Waals surface area contributed by atoms with E-state index in [1.807, 2.05) is 6.07 Å². The third-order valence-corrected chi connectivity index (χ3v) is 3.65. The average Bonchev–Trinajstić information content (AvgIpc) is 2.37. The van der Waals surface area contributed by atoms with Crippen molar-refractivity contribution in [2.45, 2.75) is 26.6 Å². The summed E-state index contributed by atoms with van der Waals surface area (Å²) in [5, 5.41) is 0. The molecule has 0 unspecified atom stereocenters. The SMILES string of the molecule is C[C]1C=CC=C/C1=C(/O[Si](C)(C)C)c1ccccc1. The first-order valence-electron chi connectivity index (χ1n) is 6.65. The van der Waals surface area contributed by atoms with Gasteiger partial charge in [-0.3, -0.25) is 0 Å². The highest BCUT2D eigenvalue weighted by atomic mass is 28.4. The van der Waals surface area contributed by atoms with Gasteiger partial charge in [-0.1, -0.05) is 61.6 Å². The molecule has 0 fully saturated rings. The van der Waals surface area contributed by atoms with Gasteiger partial charge >= 0.3 is 0 Å².